The lowest BCUT2D eigenvalue weighted by atomic mass is 10.2. The second-order valence-electron chi connectivity index (χ2n) is 5.64. The fraction of sp³-hybridized carbons (Fsp3) is 0.353. The fourth-order valence-corrected chi connectivity index (χ4v) is 2.40. The number of ether oxygens (including phenoxy) is 2. The second kappa shape index (κ2) is 6.74. The number of aromatic nitrogens is 2. The van der Waals surface area contributed by atoms with E-state index in [2.05, 4.69) is 10.4 Å². The molecule has 2 aromatic rings. The van der Waals surface area contributed by atoms with E-state index in [1.54, 1.807) is 31.4 Å². The zero-order chi connectivity index (χ0) is 17.1. The number of benzene rings is 1. The Morgan fingerprint density at radius 3 is 2.71 bits per heavy atom. The molecule has 1 aliphatic carbocycles. The van der Waals surface area contributed by atoms with Crippen molar-refractivity contribution in [1.82, 2.24) is 9.78 Å². The summed E-state index contributed by atoms with van der Waals surface area (Å²) in [6.07, 6.45) is 2.17. The summed E-state index contributed by atoms with van der Waals surface area (Å²) in [4.78, 5) is 24.1. The van der Waals surface area contributed by atoms with E-state index in [1.807, 2.05) is 0 Å². The summed E-state index contributed by atoms with van der Waals surface area (Å²) in [5.74, 6) is 1.18. The van der Waals surface area contributed by atoms with Crippen molar-refractivity contribution in [2.45, 2.75) is 25.3 Å². The van der Waals surface area contributed by atoms with Crippen LogP contribution in [-0.4, -0.2) is 29.9 Å². The van der Waals surface area contributed by atoms with Crippen molar-refractivity contribution in [1.29, 1.82) is 0 Å². The van der Waals surface area contributed by atoms with Crippen LogP contribution in [0.3, 0.4) is 0 Å². The van der Waals surface area contributed by atoms with Gasteiger partial charge < -0.3 is 14.8 Å². The molecule has 1 aliphatic rings. The lowest BCUT2D eigenvalue weighted by Crippen LogP contribution is -2.29. The molecule has 1 aromatic carbocycles. The Morgan fingerprint density at radius 2 is 2.04 bits per heavy atom. The number of nitrogens with one attached hydrogen (secondary N) is 1. The zero-order valence-electron chi connectivity index (χ0n) is 13.6. The van der Waals surface area contributed by atoms with Crippen LogP contribution in [-0.2, 0) is 11.3 Å². The van der Waals surface area contributed by atoms with Crippen LogP contribution in [0.2, 0.25) is 0 Å². The summed E-state index contributed by atoms with van der Waals surface area (Å²) in [6, 6.07) is 8.28. The zero-order valence-corrected chi connectivity index (χ0v) is 13.6. The van der Waals surface area contributed by atoms with Gasteiger partial charge in [-0.05, 0) is 31.0 Å². The number of methoxy groups -OCH3 is 2. The highest BCUT2D eigenvalue weighted by Gasteiger charge is 2.25. The van der Waals surface area contributed by atoms with Gasteiger partial charge in [0.2, 0.25) is 5.91 Å². The van der Waals surface area contributed by atoms with Crippen LogP contribution in [0, 0.1) is 0 Å². The van der Waals surface area contributed by atoms with Crippen LogP contribution >= 0.6 is 0 Å². The van der Waals surface area contributed by atoms with E-state index in [0.717, 1.165) is 18.5 Å². The largest absolute Gasteiger partial charge is 0.497 e. The average Bonchev–Trinajstić information content (AvgIpc) is 3.42. The molecule has 1 aromatic heterocycles. The Bertz CT molecular complexity index is 812. The van der Waals surface area contributed by atoms with E-state index < -0.39 is 0 Å². The maximum absolute atomic E-state index is 12.3. The molecular weight excluding hydrogens is 310 g/mol. The van der Waals surface area contributed by atoms with Gasteiger partial charge in [-0.3, -0.25) is 9.59 Å². The van der Waals surface area contributed by atoms with Gasteiger partial charge >= 0.3 is 0 Å². The number of nitrogens with zero attached hydrogens (tertiary/aromatic N) is 2. The molecule has 0 saturated heterocycles. The average molecular weight is 329 g/mol. The molecule has 7 nitrogen and oxygen atoms in total. The summed E-state index contributed by atoms with van der Waals surface area (Å²) >= 11 is 0. The predicted molar refractivity (Wildman–Crippen MR) is 88.6 cm³/mol. The minimum Gasteiger partial charge on any atom is -0.497 e. The standard InChI is InChI=1S/C17H19N3O4/c1-23-12-5-6-14(15(9-12)24-2)18-16(21)10-20-17(22)8-7-13(19-20)11-3-4-11/h5-9,11H,3-4,10H2,1-2H3,(H,18,21). The molecule has 0 radical (unpaired) electrons. The van der Waals surface area contributed by atoms with Crippen molar-refractivity contribution in [2.24, 2.45) is 0 Å². The third-order valence-electron chi connectivity index (χ3n) is 3.86. The first-order chi connectivity index (χ1) is 11.6. The Balaban J connectivity index is 1.74. The number of amides is 1. The molecular formula is C17H19N3O4. The highest BCUT2D eigenvalue weighted by molar-refractivity contribution is 5.92. The van der Waals surface area contributed by atoms with Crippen molar-refractivity contribution >= 4 is 11.6 Å². The van der Waals surface area contributed by atoms with Crippen LogP contribution in [0.25, 0.3) is 0 Å². The first kappa shape index (κ1) is 16.0. The molecule has 3 rings (SSSR count). The van der Waals surface area contributed by atoms with E-state index >= 15 is 0 Å². The van der Waals surface area contributed by atoms with E-state index in [-0.39, 0.29) is 18.0 Å². The van der Waals surface area contributed by atoms with Gasteiger partial charge in [-0.1, -0.05) is 0 Å². The van der Waals surface area contributed by atoms with Gasteiger partial charge in [0.05, 0.1) is 25.6 Å². The van der Waals surface area contributed by atoms with Gasteiger partial charge in [0.15, 0.2) is 0 Å². The Kier molecular flexibility index (Phi) is 4.50. The first-order valence-corrected chi connectivity index (χ1v) is 7.70. The number of hydrogen-bond donors (Lipinski definition) is 1. The van der Waals surface area contributed by atoms with Gasteiger partial charge in [0.1, 0.15) is 18.0 Å². The molecule has 1 N–H and O–H groups in total. The van der Waals surface area contributed by atoms with Crippen molar-refractivity contribution in [3.63, 3.8) is 0 Å². The van der Waals surface area contributed by atoms with Gasteiger partial charge in [-0.25, -0.2) is 4.68 Å². The SMILES string of the molecule is COc1ccc(NC(=O)Cn2nc(C3CC3)ccc2=O)c(OC)c1. The number of hydrogen-bond acceptors (Lipinski definition) is 5. The van der Waals surface area contributed by atoms with Crippen LogP contribution < -0.4 is 20.3 Å². The lowest BCUT2D eigenvalue weighted by Gasteiger charge is -2.12. The molecule has 0 aliphatic heterocycles. The fourth-order valence-electron chi connectivity index (χ4n) is 2.40. The third-order valence-corrected chi connectivity index (χ3v) is 3.86. The predicted octanol–water partition coefficient (Wildman–Crippen LogP) is 1.78. The maximum Gasteiger partial charge on any atom is 0.267 e. The number of carbonyl (C=O) groups excluding carboxylic acids is 1. The lowest BCUT2D eigenvalue weighted by molar-refractivity contribution is -0.117. The van der Waals surface area contributed by atoms with Gasteiger partial charge in [0.25, 0.3) is 5.56 Å². The number of rotatable bonds is 6. The van der Waals surface area contributed by atoms with E-state index in [1.165, 1.54) is 17.9 Å². The van der Waals surface area contributed by atoms with Gasteiger partial charge in [-0.15, -0.1) is 0 Å². The molecule has 1 fully saturated rings. The quantitative estimate of drug-likeness (QED) is 0.873. The monoisotopic (exact) mass is 329 g/mol. The van der Waals surface area contributed by atoms with E-state index in [0.29, 0.717) is 23.1 Å². The smallest absolute Gasteiger partial charge is 0.267 e. The highest BCUT2D eigenvalue weighted by atomic mass is 16.5. The summed E-state index contributed by atoms with van der Waals surface area (Å²) in [7, 11) is 3.06. The molecule has 126 valence electrons. The molecule has 0 atom stereocenters. The normalized spacial score (nSPS) is 13.4. The van der Waals surface area contributed by atoms with E-state index in [9.17, 15) is 9.59 Å². The molecule has 1 amide bonds. The summed E-state index contributed by atoms with van der Waals surface area (Å²) in [6.45, 7) is -0.144. The Labute approximate surface area is 139 Å². The Hall–Kier alpha value is -2.83. The second-order valence-corrected chi connectivity index (χ2v) is 5.64. The van der Waals surface area contributed by atoms with Crippen LogP contribution in [0.4, 0.5) is 5.69 Å². The maximum atomic E-state index is 12.3. The van der Waals surface area contributed by atoms with Gasteiger partial charge in [-0.2, -0.15) is 5.10 Å². The molecule has 0 bridgehead atoms. The Morgan fingerprint density at radius 1 is 1.25 bits per heavy atom. The minimum atomic E-state index is -0.346. The number of anilines is 1. The molecule has 0 spiro atoms. The topological polar surface area (TPSA) is 82.5 Å². The van der Waals surface area contributed by atoms with E-state index in [4.69, 9.17) is 9.47 Å². The highest BCUT2D eigenvalue weighted by Crippen LogP contribution is 2.38. The minimum absolute atomic E-state index is 0.144. The molecule has 7 heteroatoms. The molecule has 1 saturated carbocycles. The summed E-state index contributed by atoms with van der Waals surface area (Å²) in [5, 5.41) is 7.01. The molecule has 24 heavy (non-hydrogen) atoms. The van der Waals surface area contributed by atoms with Crippen LogP contribution in [0.5, 0.6) is 11.5 Å². The van der Waals surface area contributed by atoms with Crippen molar-refractivity contribution in [3.05, 3.63) is 46.4 Å². The van der Waals surface area contributed by atoms with Crippen LogP contribution in [0.15, 0.2) is 35.1 Å². The number of carbonyl (C=O) groups is 1. The van der Waals surface area contributed by atoms with Crippen LogP contribution in [0.1, 0.15) is 24.5 Å². The van der Waals surface area contributed by atoms with Crippen molar-refractivity contribution < 1.29 is 14.3 Å². The van der Waals surface area contributed by atoms with Crippen molar-refractivity contribution in [3.8, 4) is 11.5 Å². The van der Waals surface area contributed by atoms with Crippen molar-refractivity contribution in [2.75, 3.05) is 19.5 Å². The van der Waals surface area contributed by atoms with Gasteiger partial charge in [0, 0.05) is 18.1 Å². The summed E-state index contributed by atoms with van der Waals surface area (Å²) < 4.78 is 11.6. The first-order valence-electron chi connectivity index (χ1n) is 7.70. The summed E-state index contributed by atoms with van der Waals surface area (Å²) in [5.41, 5.74) is 1.08. The molecule has 0 unspecified atom stereocenters. The third kappa shape index (κ3) is 3.56. The molecule has 1 heterocycles.